The summed E-state index contributed by atoms with van der Waals surface area (Å²) in [4.78, 5) is 23.6. The number of aromatic nitrogens is 4. The molecule has 0 radical (unpaired) electrons. The number of hydrogen-bond donors (Lipinski definition) is 1. The molecular formula is C13H17N5O2S. The molecule has 2 aromatic rings. The molecule has 7 nitrogen and oxygen atoms in total. The number of carbonyl (C=O) groups is 1. The van der Waals surface area contributed by atoms with Gasteiger partial charge in [0.25, 0.3) is 5.56 Å². The Kier molecular flexibility index (Phi) is 4.79. The van der Waals surface area contributed by atoms with E-state index in [2.05, 4.69) is 15.5 Å². The molecule has 0 bridgehead atoms. The third kappa shape index (κ3) is 3.15. The molecule has 8 heteroatoms. The lowest BCUT2D eigenvalue weighted by Gasteiger charge is -2.06. The monoisotopic (exact) mass is 307 g/mol. The average molecular weight is 307 g/mol. The van der Waals surface area contributed by atoms with Crippen LogP contribution in [0.25, 0.3) is 11.4 Å². The summed E-state index contributed by atoms with van der Waals surface area (Å²) < 4.78 is 3.34. The van der Waals surface area contributed by atoms with Crippen LogP contribution in [0.3, 0.4) is 0 Å². The number of aryl methyl sites for hydroxylation is 1. The third-order valence-corrected chi connectivity index (χ3v) is 4.07. The third-order valence-electron chi connectivity index (χ3n) is 3.05. The second-order valence-electron chi connectivity index (χ2n) is 4.34. The van der Waals surface area contributed by atoms with Gasteiger partial charge in [-0.1, -0.05) is 11.8 Å². The topological polar surface area (TPSA) is 81.8 Å². The highest BCUT2D eigenvalue weighted by Crippen LogP contribution is 2.20. The van der Waals surface area contributed by atoms with E-state index >= 15 is 0 Å². The zero-order valence-electron chi connectivity index (χ0n) is 12.2. The van der Waals surface area contributed by atoms with Crippen molar-refractivity contribution < 1.29 is 4.79 Å². The molecule has 2 heterocycles. The van der Waals surface area contributed by atoms with Crippen LogP contribution in [0.4, 0.5) is 0 Å². The lowest BCUT2D eigenvalue weighted by Crippen LogP contribution is -2.21. The Morgan fingerprint density at radius 3 is 2.86 bits per heavy atom. The fourth-order valence-electron chi connectivity index (χ4n) is 1.83. The summed E-state index contributed by atoms with van der Waals surface area (Å²) in [7, 11) is 3.37. The predicted octanol–water partition coefficient (Wildman–Crippen LogP) is 0.502. The Morgan fingerprint density at radius 2 is 2.19 bits per heavy atom. The second kappa shape index (κ2) is 6.57. The van der Waals surface area contributed by atoms with Gasteiger partial charge in [0, 0.05) is 26.8 Å². The Balaban J connectivity index is 2.32. The zero-order valence-corrected chi connectivity index (χ0v) is 13.0. The predicted molar refractivity (Wildman–Crippen MR) is 81.2 cm³/mol. The molecule has 0 aliphatic carbocycles. The summed E-state index contributed by atoms with van der Waals surface area (Å²) in [6.07, 6.45) is 1.74. The van der Waals surface area contributed by atoms with Crippen LogP contribution < -0.4 is 10.9 Å². The van der Waals surface area contributed by atoms with Crippen LogP contribution in [-0.2, 0) is 18.4 Å². The van der Waals surface area contributed by atoms with Crippen molar-refractivity contribution >= 4 is 17.7 Å². The van der Waals surface area contributed by atoms with Crippen molar-refractivity contribution in [3.05, 3.63) is 28.7 Å². The maximum absolute atomic E-state index is 12.3. The van der Waals surface area contributed by atoms with Crippen molar-refractivity contribution in [1.82, 2.24) is 24.6 Å². The highest BCUT2D eigenvalue weighted by atomic mass is 32.2. The molecule has 2 rings (SSSR count). The molecule has 0 aliphatic heterocycles. The molecule has 1 amide bonds. The Hall–Kier alpha value is -2.09. The van der Waals surface area contributed by atoms with E-state index in [0.29, 0.717) is 23.1 Å². The Morgan fingerprint density at radius 1 is 1.43 bits per heavy atom. The minimum atomic E-state index is -0.0987. The summed E-state index contributed by atoms with van der Waals surface area (Å²) >= 11 is 1.28. The quantitative estimate of drug-likeness (QED) is 0.814. The van der Waals surface area contributed by atoms with Crippen molar-refractivity contribution in [2.24, 2.45) is 7.05 Å². The van der Waals surface area contributed by atoms with E-state index in [-0.39, 0.29) is 17.2 Å². The number of nitrogens with zero attached hydrogens (tertiary/aromatic N) is 4. The molecule has 0 aromatic carbocycles. The van der Waals surface area contributed by atoms with Gasteiger partial charge in [0.05, 0.1) is 11.3 Å². The van der Waals surface area contributed by atoms with Crippen LogP contribution in [0.5, 0.6) is 0 Å². The molecular weight excluding hydrogens is 290 g/mol. The summed E-state index contributed by atoms with van der Waals surface area (Å²) in [5.41, 5.74) is 0.402. The molecule has 0 aliphatic rings. The van der Waals surface area contributed by atoms with Crippen LogP contribution in [0.2, 0.25) is 0 Å². The van der Waals surface area contributed by atoms with Crippen molar-refractivity contribution in [3.63, 3.8) is 0 Å². The molecule has 112 valence electrons. The summed E-state index contributed by atoms with van der Waals surface area (Å²) in [5.74, 6) is 0.677. The van der Waals surface area contributed by atoms with E-state index in [9.17, 15) is 9.59 Å². The van der Waals surface area contributed by atoms with Crippen LogP contribution in [0.1, 0.15) is 6.92 Å². The van der Waals surface area contributed by atoms with Gasteiger partial charge in [-0.2, -0.15) is 0 Å². The minimum Gasteiger partial charge on any atom is -0.358 e. The number of nitrogens with one attached hydrogen (secondary N) is 1. The van der Waals surface area contributed by atoms with Gasteiger partial charge < -0.3 is 14.5 Å². The van der Waals surface area contributed by atoms with Gasteiger partial charge in [-0.05, 0) is 19.1 Å². The first-order chi connectivity index (χ1) is 10.1. The van der Waals surface area contributed by atoms with E-state index in [4.69, 9.17) is 0 Å². The van der Waals surface area contributed by atoms with Gasteiger partial charge >= 0.3 is 0 Å². The number of carbonyl (C=O) groups excluding carboxylic acids is 1. The average Bonchev–Trinajstić information content (AvgIpc) is 2.86. The molecule has 0 atom stereocenters. The fourth-order valence-corrected chi connectivity index (χ4v) is 2.62. The van der Waals surface area contributed by atoms with E-state index in [1.165, 1.54) is 11.8 Å². The highest BCUT2D eigenvalue weighted by molar-refractivity contribution is 7.99. The molecule has 0 unspecified atom stereocenters. The zero-order chi connectivity index (χ0) is 15.4. The van der Waals surface area contributed by atoms with Gasteiger partial charge in [0.15, 0.2) is 11.0 Å². The van der Waals surface area contributed by atoms with Crippen LogP contribution in [-0.4, -0.2) is 38.0 Å². The van der Waals surface area contributed by atoms with Crippen molar-refractivity contribution in [1.29, 1.82) is 0 Å². The normalized spacial score (nSPS) is 10.6. The first-order valence-corrected chi connectivity index (χ1v) is 7.49. The molecule has 0 saturated carbocycles. The van der Waals surface area contributed by atoms with Crippen LogP contribution in [0, 0.1) is 0 Å². The van der Waals surface area contributed by atoms with Crippen molar-refractivity contribution in [3.8, 4) is 11.4 Å². The van der Waals surface area contributed by atoms with Crippen molar-refractivity contribution in [2.45, 2.75) is 18.6 Å². The number of thioether (sulfide) groups is 1. The SMILES string of the molecule is CCn1cccc(-c2nnc(SCC(=O)NC)n2C)c1=O. The number of amides is 1. The Labute approximate surface area is 126 Å². The standard InChI is InChI=1S/C13H17N5O2S/c1-4-18-7-5-6-9(12(18)20)11-15-16-13(17(11)3)21-8-10(19)14-2/h5-7H,4,8H2,1-3H3,(H,14,19). The number of hydrogen-bond acceptors (Lipinski definition) is 5. The van der Waals surface area contributed by atoms with E-state index in [1.807, 2.05) is 13.0 Å². The molecule has 0 saturated heterocycles. The largest absolute Gasteiger partial charge is 0.358 e. The summed E-state index contributed by atoms with van der Waals surface area (Å²) in [5, 5.41) is 11.3. The smallest absolute Gasteiger partial charge is 0.261 e. The second-order valence-corrected chi connectivity index (χ2v) is 5.28. The number of pyridine rings is 1. The number of rotatable bonds is 5. The van der Waals surface area contributed by atoms with Crippen LogP contribution in [0.15, 0.2) is 28.3 Å². The lowest BCUT2D eigenvalue weighted by atomic mass is 10.2. The summed E-state index contributed by atoms with van der Waals surface area (Å²) in [6, 6.07) is 3.54. The van der Waals surface area contributed by atoms with Gasteiger partial charge in [-0.15, -0.1) is 10.2 Å². The van der Waals surface area contributed by atoms with E-state index in [1.54, 1.807) is 35.5 Å². The lowest BCUT2D eigenvalue weighted by molar-refractivity contribution is -0.118. The Bertz CT molecular complexity index is 707. The minimum absolute atomic E-state index is 0.0856. The van der Waals surface area contributed by atoms with E-state index < -0.39 is 0 Å². The molecule has 2 aromatic heterocycles. The van der Waals surface area contributed by atoms with Crippen molar-refractivity contribution in [2.75, 3.05) is 12.8 Å². The maximum Gasteiger partial charge on any atom is 0.261 e. The van der Waals surface area contributed by atoms with E-state index in [0.717, 1.165) is 0 Å². The van der Waals surface area contributed by atoms with Gasteiger partial charge in [0.1, 0.15) is 0 Å². The van der Waals surface area contributed by atoms with Gasteiger partial charge in [-0.25, -0.2) is 0 Å². The fraction of sp³-hybridized carbons (Fsp3) is 0.385. The molecule has 1 N–H and O–H groups in total. The van der Waals surface area contributed by atoms with Gasteiger partial charge in [-0.3, -0.25) is 9.59 Å². The maximum atomic E-state index is 12.3. The van der Waals surface area contributed by atoms with Gasteiger partial charge in [0.2, 0.25) is 5.91 Å². The molecule has 0 fully saturated rings. The molecule has 0 spiro atoms. The first kappa shape index (κ1) is 15.3. The first-order valence-electron chi connectivity index (χ1n) is 6.51. The van der Waals surface area contributed by atoms with Crippen LogP contribution >= 0.6 is 11.8 Å². The molecule has 21 heavy (non-hydrogen) atoms. The highest BCUT2D eigenvalue weighted by Gasteiger charge is 2.15. The summed E-state index contributed by atoms with van der Waals surface area (Å²) in [6.45, 7) is 2.51.